The summed E-state index contributed by atoms with van der Waals surface area (Å²) in [7, 11) is 1.68. The van der Waals surface area contributed by atoms with Crippen LogP contribution in [0.4, 0.5) is 0 Å². The lowest BCUT2D eigenvalue weighted by molar-refractivity contribution is -0.121. The maximum atomic E-state index is 11.6. The molecule has 1 saturated heterocycles. The molecule has 2 rings (SSSR count). The fraction of sp³-hybridized carbons (Fsp3) is 0.500. The Morgan fingerprint density at radius 1 is 1.44 bits per heavy atom. The number of rotatable bonds is 3. The van der Waals surface area contributed by atoms with Gasteiger partial charge in [-0.2, -0.15) is 0 Å². The molecule has 4 heteroatoms. The SMILES string of the molecule is CCc1cc(C2CNCCC(=O)N2)ccc1OC. The molecule has 0 spiro atoms. The first kappa shape index (κ1) is 12.9. The normalized spacial score (nSPS) is 20.1. The Balaban J connectivity index is 2.23. The van der Waals surface area contributed by atoms with Gasteiger partial charge in [0, 0.05) is 19.5 Å². The lowest BCUT2D eigenvalue weighted by atomic mass is 10.0. The summed E-state index contributed by atoms with van der Waals surface area (Å²) in [5.41, 5.74) is 2.31. The number of methoxy groups -OCH3 is 1. The molecule has 0 aromatic heterocycles. The third-order valence-corrected chi connectivity index (χ3v) is 3.30. The van der Waals surface area contributed by atoms with Gasteiger partial charge in [-0.15, -0.1) is 0 Å². The summed E-state index contributed by atoms with van der Waals surface area (Å²) in [6.07, 6.45) is 1.47. The number of nitrogens with one attached hydrogen (secondary N) is 2. The number of amides is 1. The average Bonchev–Trinajstić information content (AvgIpc) is 2.62. The van der Waals surface area contributed by atoms with Crippen molar-refractivity contribution in [2.45, 2.75) is 25.8 Å². The highest BCUT2D eigenvalue weighted by molar-refractivity contribution is 5.77. The van der Waals surface area contributed by atoms with Crippen molar-refractivity contribution in [1.82, 2.24) is 10.6 Å². The molecule has 4 nitrogen and oxygen atoms in total. The second kappa shape index (κ2) is 5.87. The minimum Gasteiger partial charge on any atom is -0.496 e. The summed E-state index contributed by atoms with van der Waals surface area (Å²) in [5, 5.41) is 6.32. The molecule has 98 valence electrons. The lowest BCUT2D eigenvalue weighted by Crippen LogP contribution is -2.30. The van der Waals surface area contributed by atoms with Crippen LogP contribution in [0.25, 0.3) is 0 Å². The Morgan fingerprint density at radius 3 is 3.00 bits per heavy atom. The Morgan fingerprint density at radius 2 is 2.28 bits per heavy atom. The van der Waals surface area contributed by atoms with Gasteiger partial charge >= 0.3 is 0 Å². The van der Waals surface area contributed by atoms with Crippen molar-refractivity contribution in [3.05, 3.63) is 29.3 Å². The Labute approximate surface area is 108 Å². The largest absolute Gasteiger partial charge is 0.496 e. The van der Waals surface area contributed by atoms with Crippen molar-refractivity contribution in [1.29, 1.82) is 0 Å². The number of aryl methyl sites for hydroxylation is 1. The van der Waals surface area contributed by atoms with E-state index in [1.165, 1.54) is 5.56 Å². The monoisotopic (exact) mass is 248 g/mol. The molecule has 1 unspecified atom stereocenters. The number of carbonyl (C=O) groups excluding carboxylic acids is 1. The summed E-state index contributed by atoms with van der Waals surface area (Å²) in [6.45, 7) is 3.63. The Hall–Kier alpha value is -1.55. The summed E-state index contributed by atoms with van der Waals surface area (Å²) in [4.78, 5) is 11.6. The number of benzene rings is 1. The minimum absolute atomic E-state index is 0.0520. The van der Waals surface area contributed by atoms with E-state index in [9.17, 15) is 4.79 Å². The van der Waals surface area contributed by atoms with Crippen LogP contribution in [0.3, 0.4) is 0 Å². The molecule has 1 aliphatic heterocycles. The van der Waals surface area contributed by atoms with Crippen LogP contribution >= 0.6 is 0 Å². The molecule has 2 N–H and O–H groups in total. The molecule has 1 aliphatic rings. The number of hydrogen-bond donors (Lipinski definition) is 2. The molecular formula is C14H20N2O2. The predicted molar refractivity (Wildman–Crippen MR) is 70.7 cm³/mol. The fourth-order valence-corrected chi connectivity index (χ4v) is 2.26. The van der Waals surface area contributed by atoms with E-state index in [0.717, 1.165) is 30.8 Å². The number of hydrogen-bond acceptors (Lipinski definition) is 3. The molecule has 0 bridgehead atoms. The van der Waals surface area contributed by atoms with E-state index in [-0.39, 0.29) is 11.9 Å². The molecule has 1 fully saturated rings. The van der Waals surface area contributed by atoms with E-state index in [0.29, 0.717) is 6.42 Å². The maximum Gasteiger partial charge on any atom is 0.221 e. The van der Waals surface area contributed by atoms with E-state index in [1.54, 1.807) is 7.11 Å². The zero-order valence-electron chi connectivity index (χ0n) is 11.0. The van der Waals surface area contributed by atoms with Gasteiger partial charge < -0.3 is 15.4 Å². The van der Waals surface area contributed by atoms with Crippen LogP contribution in [0.15, 0.2) is 18.2 Å². The predicted octanol–water partition coefficient (Wildman–Crippen LogP) is 1.41. The third-order valence-electron chi connectivity index (χ3n) is 3.30. The molecule has 1 aromatic carbocycles. The van der Waals surface area contributed by atoms with Crippen molar-refractivity contribution < 1.29 is 9.53 Å². The zero-order valence-corrected chi connectivity index (χ0v) is 11.0. The van der Waals surface area contributed by atoms with Crippen molar-refractivity contribution in [3.8, 4) is 5.75 Å². The average molecular weight is 248 g/mol. The summed E-state index contributed by atoms with van der Waals surface area (Å²) >= 11 is 0. The molecule has 1 heterocycles. The third kappa shape index (κ3) is 2.82. The minimum atomic E-state index is 0.0520. The van der Waals surface area contributed by atoms with Crippen LogP contribution in [0.1, 0.15) is 30.5 Å². The molecule has 0 saturated carbocycles. The van der Waals surface area contributed by atoms with Gasteiger partial charge in [0.2, 0.25) is 5.91 Å². The fourth-order valence-electron chi connectivity index (χ4n) is 2.26. The van der Waals surface area contributed by atoms with Gasteiger partial charge in [-0.3, -0.25) is 4.79 Å². The molecule has 1 amide bonds. The molecule has 18 heavy (non-hydrogen) atoms. The van der Waals surface area contributed by atoms with E-state index in [1.807, 2.05) is 12.1 Å². The quantitative estimate of drug-likeness (QED) is 0.850. The van der Waals surface area contributed by atoms with Crippen LogP contribution in [0.5, 0.6) is 5.75 Å². The summed E-state index contributed by atoms with van der Waals surface area (Å²) in [6, 6.07) is 6.17. The van der Waals surface area contributed by atoms with E-state index >= 15 is 0 Å². The van der Waals surface area contributed by atoms with Gasteiger partial charge in [0.05, 0.1) is 13.2 Å². The van der Waals surface area contributed by atoms with Crippen molar-refractivity contribution in [2.75, 3.05) is 20.2 Å². The molecular weight excluding hydrogens is 228 g/mol. The summed E-state index contributed by atoms with van der Waals surface area (Å²) < 4.78 is 5.32. The second-order valence-corrected chi connectivity index (χ2v) is 4.50. The van der Waals surface area contributed by atoms with Crippen LogP contribution in [0, 0.1) is 0 Å². The first-order valence-corrected chi connectivity index (χ1v) is 6.41. The second-order valence-electron chi connectivity index (χ2n) is 4.50. The van der Waals surface area contributed by atoms with Gasteiger partial charge in [-0.25, -0.2) is 0 Å². The first-order chi connectivity index (χ1) is 8.74. The number of carbonyl (C=O) groups is 1. The zero-order chi connectivity index (χ0) is 13.0. The Bertz CT molecular complexity index is 432. The molecule has 0 aliphatic carbocycles. The van der Waals surface area contributed by atoms with Crippen LogP contribution in [-0.4, -0.2) is 26.1 Å². The van der Waals surface area contributed by atoms with Crippen LogP contribution < -0.4 is 15.4 Å². The van der Waals surface area contributed by atoms with Gasteiger partial charge in [0.1, 0.15) is 5.75 Å². The van der Waals surface area contributed by atoms with Crippen LogP contribution in [0.2, 0.25) is 0 Å². The topological polar surface area (TPSA) is 50.4 Å². The highest BCUT2D eigenvalue weighted by Gasteiger charge is 2.18. The van der Waals surface area contributed by atoms with Gasteiger partial charge in [-0.05, 0) is 23.6 Å². The highest BCUT2D eigenvalue weighted by atomic mass is 16.5. The molecule has 0 radical (unpaired) electrons. The molecule has 1 atom stereocenters. The van der Waals surface area contributed by atoms with Crippen molar-refractivity contribution in [2.24, 2.45) is 0 Å². The van der Waals surface area contributed by atoms with Gasteiger partial charge in [0.25, 0.3) is 0 Å². The molecule has 1 aromatic rings. The van der Waals surface area contributed by atoms with Gasteiger partial charge in [-0.1, -0.05) is 19.1 Å². The van der Waals surface area contributed by atoms with E-state index in [4.69, 9.17) is 4.74 Å². The van der Waals surface area contributed by atoms with Crippen LogP contribution in [-0.2, 0) is 11.2 Å². The standard InChI is InChI=1S/C14H20N2O2/c1-3-10-8-11(4-5-13(10)18-2)12-9-15-7-6-14(17)16-12/h4-5,8,12,15H,3,6-7,9H2,1-2H3,(H,16,17). The maximum absolute atomic E-state index is 11.6. The number of ether oxygens (including phenoxy) is 1. The highest BCUT2D eigenvalue weighted by Crippen LogP contribution is 2.24. The van der Waals surface area contributed by atoms with E-state index < -0.39 is 0 Å². The van der Waals surface area contributed by atoms with Gasteiger partial charge in [0.15, 0.2) is 0 Å². The van der Waals surface area contributed by atoms with Crippen molar-refractivity contribution in [3.63, 3.8) is 0 Å². The smallest absolute Gasteiger partial charge is 0.221 e. The van der Waals surface area contributed by atoms with E-state index in [2.05, 4.69) is 23.6 Å². The lowest BCUT2D eigenvalue weighted by Gasteiger charge is -2.18. The summed E-state index contributed by atoms with van der Waals surface area (Å²) in [5.74, 6) is 1.02. The Kier molecular flexibility index (Phi) is 4.20. The first-order valence-electron chi connectivity index (χ1n) is 6.41. The van der Waals surface area contributed by atoms with Crippen molar-refractivity contribution >= 4 is 5.91 Å².